The molecular formula is C30H38FN7O2. The summed E-state index contributed by atoms with van der Waals surface area (Å²) >= 11 is 0. The van der Waals surface area contributed by atoms with Gasteiger partial charge in [-0.3, -0.25) is 9.69 Å². The van der Waals surface area contributed by atoms with Gasteiger partial charge in [0.1, 0.15) is 12.4 Å². The van der Waals surface area contributed by atoms with E-state index in [-0.39, 0.29) is 13.0 Å². The lowest BCUT2D eigenvalue weighted by atomic mass is 10.1. The van der Waals surface area contributed by atoms with Crippen LogP contribution in [0.2, 0.25) is 0 Å². The van der Waals surface area contributed by atoms with Crippen LogP contribution < -0.4 is 9.64 Å². The quantitative estimate of drug-likeness (QED) is 0.441. The molecule has 40 heavy (non-hydrogen) atoms. The molecule has 1 aromatic heterocycles. The summed E-state index contributed by atoms with van der Waals surface area (Å²) in [7, 11) is 2.12. The number of rotatable bonds is 9. The van der Waals surface area contributed by atoms with Crippen LogP contribution in [0.1, 0.15) is 48.6 Å². The Morgan fingerprint density at radius 1 is 1.18 bits per heavy atom. The number of carbonyl (C=O) groups excluding carboxylic acids is 1. The van der Waals surface area contributed by atoms with Crippen LogP contribution in [-0.2, 0) is 30.8 Å². The Labute approximate surface area is 235 Å². The minimum atomic E-state index is -1.00. The minimum Gasteiger partial charge on any atom is -0.462 e. The highest BCUT2D eigenvalue weighted by Crippen LogP contribution is 2.34. The number of benzene rings is 1. The van der Waals surface area contributed by atoms with Crippen molar-refractivity contribution < 1.29 is 13.9 Å². The van der Waals surface area contributed by atoms with Crippen molar-refractivity contribution in [1.82, 2.24) is 24.7 Å². The molecule has 10 heteroatoms. The number of ether oxygens (including phenoxy) is 1. The van der Waals surface area contributed by atoms with Gasteiger partial charge in [0, 0.05) is 50.9 Å². The summed E-state index contributed by atoms with van der Waals surface area (Å²) in [6.45, 7) is 10.2. The lowest BCUT2D eigenvalue weighted by Crippen LogP contribution is -2.55. The van der Waals surface area contributed by atoms with Crippen molar-refractivity contribution in [2.24, 2.45) is 0 Å². The molecule has 0 aliphatic carbocycles. The van der Waals surface area contributed by atoms with E-state index in [1.54, 1.807) is 0 Å². The van der Waals surface area contributed by atoms with Gasteiger partial charge in [-0.05, 0) is 44.0 Å². The number of piperazine rings is 1. The highest BCUT2D eigenvalue weighted by Gasteiger charge is 2.35. The van der Waals surface area contributed by atoms with E-state index in [1.165, 1.54) is 16.0 Å². The third-order valence-electron chi connectivity index (χ3n) is 8.38. The van der Waals surface area contributed by atoms with Crippen molar-refractivity contribution in [3.8, 4) is 12.1 Å². The molecule has 2 fully saturated rings. The summed E-state index contributed by atoms with van der Waals surface area (Å²) in [5, 5.41) is 9.45. The molecule has 212 valence electrons. The van der Waals surface area contributed by atoms with E-state index >= 15 is 0 Å². The Kier molecular flexibility index (Phi) is 8.62. The van der Waals surface area contributed by atoms with Crippen molar-refractivity contribution >= 4 is 11.7 Å². The molecule has 2 aromatic rings. The van der Waals surface area contributed by atoms with Crippen LogP contribution in [0.25, 0.3) is 0 Å². The summed E-state index contributed by atoms with van der Waals surface area (Å²) in [5.74, 6) is -0.978. The Morgan fingerprint density at radius 3 is 2.67 bits per heavy atom. The SMILES string of the molecule is C=C(F)C(=O)N1CCN(c2nc(OC[C@@H]3CCCN3C)nc3c2CN(Cc2ccccc2CC)C3)C[C@@H]1CC#N. The number of likely N-dealkylation sites (tertiary alicyclic amines) is 1. The number of anilines is 1. The van der Waals surface area contributed by atoms with Gasteiger partial charge in [0.25, 0.3) is 5.91 Å². The first-order chi connectivity index (χ1) is 19.4. The molecule has 0 radical (unpaired) electrons. The number of fused-ring (bicyclic) bond motifs is 1. The van der Waals surface area contributed by atoms with Crippen molar-refractivity contribution in [3.05, 3.63) is 59.1 Å². The standard InChI is InChI=1S/C30H38FN7O2/c1-4-22-8-5-6-9-23(22)16-36-18-26-27(19-36)33-30(40-20-25-10-7-13-35(25)3)34-28(26)37-14-15-38(29(39)21(2)31)24(17-37)11-12-32/h5-6,8-9,24-25H,2,4,7,10-11,13-20H2,1,3H3/t24-,25-/m0/s1. The number of hydrogen-bond donors (Lipinski definition) is 0. The molecule has 5 rings (SSSR count). The number of hydrogen-bond acceptors (Lipinski definition) is 8. The van der Waals surface area contributed by atoms with E-state index < -0.39 is 17.8 Å². The number of aryl methyl sites for hydroxylation is 1. The average Bonchev–Trinajstić information content (AvgIpc) is 3.56. The molecule has 0 bridgehead atoms. The lowest BCUT2D eigenvalue weighted by molar-refractivity contribution is -0.131. The maximum absolute atomic E-state index is 13.7. The van der Waals surface area contributed by atoms with E-state index in [0.717, 1.165) is 49.4 Å². The summed E-state index contributed by atoms with van der Waals surface area (Å²) in [6.07, 6.45) is 3.32. The zero-order chi connectivity index (χ0) is 28.2. The van der Waals surface area contributed by atoms with Crippen LogP contribution in [0.4, 0.5) is 10.2 Å². The Morgan fingerprint density at radius 2 is 1.98 bits per heavy atom. The molecule has 0 N–H and O–H groups in total. The number of likely N-dealkylation sites (N-methyl/N-ethyl adjacent to an activating group) is 1. The van der Waals surface area contributed by atoms with Gasteiger partial charge in [-0.15, -0.1) is 0 Å². The molecule has 3 aliphatic heterocycles. The van der Waals surface area contributed by atoms with Crippen LogP contribution in [0.15, 0.2) is 36.7 Å². The Balaban J connectivity index is 1.41. The topological polar surface area (TPSA) is 88.8 Å². The smallest absolute Gasteiger partial charge is 0.318 e. The lowest BCUT2D eigenvalue weighted by Gasteiger charge is -2.41. The fourth-order valence-corrected chi connectivity index (χ4v) is 6.13. The van der Waals surface area contributed by atoms with Crippen molar-refractivity contribution in [2.75, 3.05) is 44.7 Å². The van der Waals surface area contributed by atoms with E-state index in [4.69, 9.17) is 14.7 Å². The van der Waals surface area contributed by atoms with Gasteiger partial charge in [-0.2, -0.15) is 15.2 Å². The molecule has 1 amide bonds. The van der Waals surface area contributed by atoms with Gasteiger partial charge in [0.05, 0.1) is 24.2 Å². The first kappa shape index (κ1) is 28.0. The Hall–Kier alpha value is -3.55. The summed E-state index contributed by atoms with van der Waals surface area (Å²) in [5.41, 5.74) is 4.63. The van der Waals surface area contributed by atoms with E-state index in [0.29, 0.717) is 44.8 Å². The average molecular weight is 548 g/mol. The van der Waals surface area contributed by atoms with Gasteiger partial charge in [0.15, 0.2) is 5.83 Å². The molecule has 2 saturated heterocycles. The number of nitrogens with zero attached hydrogens (tertiary/aromatic N) is 7. The van der Waals surface area contributed by atoms with Crippen LogP contribution in [0, 0.1) is 11.3 Å². The molecule has 1 aromatic carbocycles. The molecule has 0 spiro atoms. The molecule has 0 unspecified atom stereocenters. The van der Waals surface area contributed by atoms with Crippen molar-refractivity contribution in [3.63, 3.8) is 0 Å². The zero-order valence-electron chi connectivity index (χ0n) is 23.5. The summed E-state index contributed by atoms with van der Waals surface area (Å²) in [4.78, 5) is 30.4. The van der Waals surface area contributed by atoms with Crippen LogP contribution in [0.3, 0.4) is 0 Å². The van der Waals surface area contributed by atoms with Gasteiger partial charge in [-0.1, -0.05) is 37.8 Å². The molecule has 2 atom stereocenters. The number of aromatic nitrogens is 2. The van der Waals surface area contributed by atoms with Crippen LogP contribution >= 0.6 is 0 Å². The number of halogens is 1. The van der Waals surface area contributed by atoms with Crippen molar-refractivity contribution in [1.29, 1.82) is 5.26 Å². The van der Waals surface area contributed by atoms with E-state index in [2.05, 4.69) is 65.6 Å². The zero-order valence-corrected chi connectivity index (χ0v) is 23.5. The maximum atomic E-state index is 13.7. The highest BCUT2D eigenvalue weighted by atomic mass is 19.1. The highest BCUT2D eigenvalue weighted by molar-refractivity contribution is 5.91. The van der Waals surface area contributed by atoms with Crippen LogP contribution in [0.5, 0.6) is 6.01 Å². The molecule has 4 heterocycles. The van der Waals surface area contributed by atoms with Crippen LogP contribution in [-0.4, -0.2) is 82.5 Å². The second-order valence-electron chi connectivity index (χ2n) is 11.0. The molecule has 3 aliphatic rings. The monoisotopic (exact) mass is 547 g/mol. The minimum absolute atomic E-state index is 0.0973. The third-order valence-corrected chi connectivity index (χ3v) is 8.38. The largest absolute Gasteiger partial charge is 0.462 e. The van der Waals surface area contributed by atoms with Gasteiger partial charge in [-0.25, -0.2) is 4.39 Å². The summed E-state index contributed by atoms with van der Waals surface area (Å²) in [6, 6.07) is 10.9. The van der Waals surface area contributed by atoms with E-state index in [1.807, 2.05) is 0 Å². The second-order valence-corrected chi connectivity index (χ2v) is 11.0. The normalized spacial score (nSPS) is 21.4. The second kappa shape index (κ2) is 12.3. The van der Waals surface area contributed by atoms with E-state index in [9.17, 15) is 14.4 Å². The van der Waals surface area contributed by atoms with Gasteiger partial charge in [0.2, 0.25) is 0 Å². The fraction of sp³-hybridized carbons (Fsp3) is 0.533. The first-order valence-corrected chi connectivity index (χ1v) is 14.2. The number of carbonyl (C=O) groups is 1. The molecule has 0 saturated carbocycles. The summed E-state index contributed by atoms with van der Waals surface area (Å²) < 4.78 is 19.9. The third kappa shape index (κ3) is 5.96. The predicted octanol–water partition coefficient (Wildman–Crippen LogP) is 3.44. The number of nitriles is 1. The number of amides is 1. The van der Waals surface area contributed by atoms with Gasteiger partial charge >= 0.3 is 6.01 Å². The van der Waals surface area contributed by atoms with Crippen molar-refractivity contribution in [2.45, 2.75) is 64.3 Å². The Bertz CT molecular complexity index is 1300. The fourth-order valence-electron chi connectivity index (χ4n) is 6.13. The molecule has 9 nitrogen and oxygen atoms in total. The van der Waals surface area contributed by atoms with Gasteiger partial charge < -0.3 is 19.4 Å². The first-order valence-electron chi connectivity index (χ1n) is 14.2. The maximum Gasteiger partial charge on any atom is 0.318 e. The predicted molar refractivity (Wildman–Crippen MR) is 150 cm³/mol. The molecular weight excluding hydrogens is 509 g/mol.